The van der Waals surface area contributed by atoms with Gasteiger partial charge >= 0.3 is 0 Å². The summed E-state index contributed by atoms with van der Waals surface area (Å²) in [6.45, 7) is 6.38. The molecule has 4 aliphatic rings. The van der Waals surface area contributed by atoms with E-state index in [9.17, 15) is 4.79 Å². The Bertz CT molecular complexity index is 912. The van der Waals surface area contributed by atoms with E-state index in [0.717, 1.165) is 24.9 Å². The third kappa shape index (κ3) is 2.72. The van der Waals surface area contributed by atoms with Gasteiger partial charge in [0.2, 0.25) is 5.91 Å². The standard InChI is InChI=1S/C26H31NO/c1-17-7-9-22(10-8-17)25-12-20-11-21(13-25)15-26(14-20,16-25)24(28)27-23-6-4-5-18(2)19(23)3/h4-10,20-21H,11-16H2,1-3H3,(H,27,28)/t20-,21+,25?,26?. The first kappa shape index (κ1) is 18.0. The number of aryl methyl sites for hydroxylation is 2. The van der Waals surface area contributed by atoms with Gasteiger partial charge in [0.25, 0.3) is 0 Å². The first-order valence-electron chi connectivity index (χ1n) is 10.8. The summed E-state index contributed by atoms with van der Waals surface area (Å²) in [5.74, 6) is 1.67. The number of rotatable bonds is 3. The molecule has 0 saturated heterocycles. The van der Waals surface area contributed by atoms with Gasteiger partial charge in [-0.3, -0.25) is 4.79 Å². The Morgan fingerprint density at radius 3 is 2.29 bits per heavy atom. The highest BCUT2D eigenvalue weighted by molar-refractivity contribution is 5.96. The number of amides is 1. The van der Waals surface area contributed by atoms with Crippen molar-refractivity contribution < 1.29 is 4.79 Å². The maximum atomic E-state index is 13.6. The van der Waals surface area contributed by atoms with E-state index in [-0.39, 0.29) is 16.7 Å². The molecular formula is C26H31NO. The highest BCUT2D eigenvalue weighted by Gasteiger charge is 2.60. The largest absolute Gasteiger partial charge is 0.325 e. The van der Waals surface area contributed by atoms with Gasteiger partial charge in [0.1, 0.15) is 0 Å². The second-order valence-corrected chi connectivity index (χ2v) is 10.1. The van der Waals surface area contributed by atoms with Gasteiger partial charge in [0.05, 0.1) is 5.41 Å². The molecule has 4 fully saturated rings. The molecule has 0 heterocycles. The molecule has 2 unspecified atom stereocenters. The molecule has 0 aromatic heterocycles. The van der Waals surface area contributed by atoms with Gasteiger partial charge in [-0.05, 0) is 99.3 Å². The van der Waals surface area contributed by atoms with E-state index in [1.54, 1.807) is 0 Å². The Balaban J connectivity index is 1.48. The van der Waals surface area contributed by atoms with Crippen molar-refractivity contribution in [2.75, 3.05) is 5.32 Å². The highest BCUT2D eigenvalue weighted by Crippen LogP contribution is 2.66. The topological polar surface area (TPSA) is 29.1 Å². The summed E-state index contributed by atoms with van der Waals surface area (Å²) in [6, 6.07) is 15.4. The van der Waals surface area contributed by atoms with Crippen LogP contribution in [-0.4, -0.2) is 5.91 Å². The maximum absolute atomic E-state index is 13.6. The highest BCUT2D eigenvalue weighted by atomic mass is 16.2. The van der Waals surface area contributed by atoms with Gasteiger partial charge in [-0.1, -0.05) is 42.0 Å². The number of anilines is 1. The molecule has 2 nitrogen and oxygen atoms in total. The third-order valence-electron chi connectivity index (χ3n) is 8.06. The molecule has 2 aromatic carbocycles. The molecule has 28 heavy (non-hydrogen) atoms. The third-order valence-corrected chi connectivity index (χ3v) is 8.06. The Hall–Kier alpha value is -2.09. The smallest absolute Gasteiger partial charge is 0.230 e. The lowest BCUT2D eigenvalue weighted by molar-refractivity contribution is -0.143. The Kier molecular flexibility index (Phi) is 3.98. The summed E-state index contributed by atoms with van der Waals surface area (Å²) in [5, 5.41) is 3.35. The molecule has 4 atom stereocenters. The van der Waals surface area contributed by atoms with Crippen LogP contribution in [0, 0.1) is 38.0 Å². The molecular weight excluding hydrogens is 342 g/mol. The fourth-order valence-electron chi connectivity index (χ4n) is 6.91. The van der Waals surface area contributed by atoms with Crippen molar-refractivity contribution in [1.82, 2.24) is 0 Å². The number of carbonyl (C=O) groups excluding carboxylic acids is 1. The molecule has 0 aliphatic heterocycles. The average molecular weight is 374 g/mol. The summed E-state index contributed by atoms with van der Waals surface area (Å²) in [5.41, 5.74) is 6.22. The van der Waals surface area contributed by atoms with Crippen molar-refractivity contribution in [3.63, 3.8) is 0 Å². The molecule has 4 bridgehead atoms. The van der Waals surface area contributed by atoms with E-state index < -0.39 is 0 Å². The van der Waals surface area contributed by atoms with Gasteiger partial charge in [-0.25, -0.2) is 0 Å². The van der Waals surface area contributed by atoms with Gasteiger partial charge in [0.15, 0.2) is 0 Å². The first-order chi connectivity index (χ1) is 13.4. The molecule has 146 valence electrons. The number of benzene rings is 2. The van der Waals surface area contributed by atoms with Crippen LogP contribution in [0.2, 0.25) is 0 Å². The molecule has 2 aromatic rings. The minimum Gasteiger partial charge on any atom is -0.325 e. The van der Waals surface area contributed by atoms with E-state index in [1.165, 1.54) is 41.5 Å². The lowest BCUT2D eigenvalue weighted by Gasteiger charge is -2.61. The molecule has 1 N–H and O–H groups in total. The quantitative estimate of drug-likeness (QED) is 0.693. The fraction of sp³-hybridized carbons (Fsp3) is 0.500. The summed E-state index contributed by atoms with van der Waals surface area (Å²) in [6.07, 6.45) is 7.04. The predicted octanol–water partition coefficient (Wildman–Crippen LogP) is 6.09. The van der Waals surface area contributed by atoms with Gasteiger partial charge in [0, 0.05) is 5.69 Å². The molecule has 4 saturated carbocycles. The fourth-order valence-corrected chi connectivity index (χ4v) is 6.91. The lowest BCUT2D eigenvalue weighted by Crippen LogP contribution is -2.58. The second kappa shape index (κ2) is 6.20. The Labute approximate surface area is 168 Å². The van der Waals surface area contributed by atoms with Crippen molar-refractivity contribution in [3.8, 4) is 0 Å². The van der Waals surface area contributed by atoms with Crippen LogP contribution >= 0.6 is 0 Å². The SMILES string of the molecule is Cc1ccc(C23C[C@@H]4C[C@@H](CC(C(=O)Nc5cccc(C)c5C)(C4)C2)C3)cc1. The van der Waals surface area contributed by atoms with Gasteiger partial charge < -0.3 is 5.32 Å². The zero-order valence-electron chi connectivity index (χ0n) is 17.3. The van der Waals surface area contributed by atoms with Gasteiger partial charge in [-0.15, -0.1) is 0 Å². The van der Waals surface area contributed by atoms with Crippen molar-refractivity contribution in [1.29, 1.82) is 0 Å². The molecule has 6 rings (SSSR count). The van der Waals surface area contributed by atoms with Crippen molar-refractivity contribution >= 4 is 11.6 Å². The summed E-state index contributed by atoms with van der Waals surface area (Å²) >= 11 is 0. The minimum atomic E-state index is -0.189. The predicted molar refractivity (Wildman–Crippen MR) is 115 cm³/mol. The zero-order chi connectivity index (χ0) is 19.5. The minimum absolute atomic E-state index is 0.189. The van der Waals surface area contributed by atoms with Crippen molar-refractivity contribution in [3.05, 3.63) is 64.7 Å². The number of hydrogen-bond donors (Lipinski definition) is 1. The van der Waals surface area contributed by atoms with E-state index in [1.807, 2.05) is 6.07 Å². The number of carbonyl (C=O) groups is 1. The molecule has 0 radical (unpaired) electrons. The van der Waals surface area contributed by atoms with E-state index in [2.05, 4.69) is 62.5 Å². The van der Waals surface area contributed by atoms with Crippen LogP contribution in [0.3, 0.4) is 0 Å². The van der Waals surface area contributed by atoms with Gasteiger partial charge in [-0.2, -0.15) is 0 Å². The average Bonchev–Trinajstić information content (AvgIpc) is 2.65. The van der Waals surface area contributed by atoms with Crippen LogP contribution in [0.1, 0.15) is 60.8 Å². The van der Waals surface area contributed by atoms with Crippen LogP contribution in [0.4, 0.5) is 5.69 Å². The maximum Gasteiger partial charge on any atom is 0.230 e. The number of nitrogens with one attached hydrogen (secondary N) is 1. The molecule has 4 aliphatic carbocycles. The monoisotopic (exact) mass is 373 g/mol. The van der Waals surface area contributed by atoms with E-state index in [4.69, 9.17) is 0 Å². The normalized spacial score (nSPS) is 33.1. The van der Waals surface area contributed by atoms with Crippen LogP contribution in [0.25, 0.3) is 0 Å². The van der Waals surface area contributed by atoms with Crippen molar-refractivity contribution in [2.24, 2.45) is 17.3 Å². The summed E-state index contributed by atoms with van der Waals surface area (Å²) in [4.78, 5) is 13.6. The Morgan fingerprint density at radius 2 is 1.61 bits per heavy atom. The van der Waals surface area contributed by atoms with Crippen molar-refractivity contribution in [2.45, 2.75) is 64.7 Å². The van der Waals surface area contributed by atoms with Crippen LogP contribution < -0.4 is 5.32 Å². The lowest BCUT2D eigenvalue weighted by atomic mass is 9.42. The molecule has 2 heteroatoms. The van der Waals surface area contributed by atoms with Crippen LogP contribution in [-0.2, 0) is 10.2 Å². The van der Waals surface area contributed by atoms with Crippen LogP contribution in [0.15, 0.2) is 42.5 Å². The summed E-state index contributed by atoms with van der Waals surface area (Å²) < 4.78 is 0. The zero-order valence-corrected chi connectivity index (χ0v) is 17.3. The second-order valence-electron chi connectivity index (χ2n) is 10.1. The van der Waals surface area contributed by atoms with Crippen LogP contribution in [0.5, 0.6) is 0 Å². The number of hydrogen-bond acceptors (Lipinski definition) is 1. The summed E-state index contributed by atoms with van der Waals surface area (Å²) in [7, 11) is 0. The van der Waals surface area contributed by atoms with E-state index in [0.29, 0.717) is 11.8 Å². The molecule has 0 spiro atoms. The molecule has 1 amide bonds. The van der Waals surface area contributed by atoms with E-state index >= 15 is 0 Å². The first-order valence-corrected chi connectivity index (χ1v) is 10.8. The Morgan fingerprint density at radius 1 is 0.929 bits per heavy atom.